The highest BCUT2D eigenvalue weighted by Crippen LogP contribution is 2.14. The standard InChI is InChI=1S/C16H23N3OS2/c1-3-13-4-6-14(7-5-13)17-15(20)12-22-16(21)19-10-8-18(2)9-11-19/h4-7H,3,8-12H2,1-2H3,(H,17,20). The number of benzene rings is 1. The number of likely N-dealkylation sites (N-methyl/N-ethyl adjacent to an activating group) is 1. The van der Waals surface area contributed by atoms with Crippen molar-refractivity contribution in [1.82, 2.24) is 9.80 Å². The molecule has 1 aromatic carbocycles. The zero-order valence-corrected chi connectivity index (χ0v) is 14.8. The van der Waals surface area contributed by atoms with Gasteiger partial charge >= 0.3 is 0 Å². The summed E-state index contributed by atoms with van der Waals surface area (Å²) in [6.45, 7) is 6.06. The molecule has 1 heterocycles. The highest BCUT2D eigenvalue weighted by atomic mass is 32.2. The van der Waals surface area contributed by atoms with Gasteiger partial charge in [-0.25, -0.2) is 0 Å². The quantitative estimate of drug-likeness (QED) is 0.854. The Bertz CT molecular complexity index is 511. The lowest BCUT2D eigenvalue weighted by molar-refractivity contribution is -0.113. The van der Waals surface area contributed by atoms with Crippen molar-refractivity contribution in [3.05, 3.63) is 29.8 Å². The third-order valence-corrected chi connectivity index (χ3v) is 5.26. The van der Waals surface area contributed by atoms with Crippen LogP contribution in [0.1, 0.15) is 12.5 Å². The Labute approximate surface area is 142 Å². The van der Waals surface area contributed by atoms with Crippen LogP contribution in [-0.2, 0) is 11.2 Å². The number of thiocarbonyl (C=S) groups is 1. The molecule has 1 aromatic rings. The SMILES string of the molecule is CCc1ccc(NC(=O)CSC(=S)N2CCN(C)CC2)cc1. The molecule has 0 radical (unpaired) electrons. The van der Waals surface area contributed by atoms with E-state index >= 15 is 0 Å². The van der Waals surface area contributed by atoms with Crippen LogP contribution in [0.5, 0.6) is 0 Å². The fraction of sp³-hybridized carbons (Fsp3) is 0.500. The van der Waals surface area contributed by atoms with Crippen molar-refractivity contribution >= 4 is 39.9 Å². The normalized spacial score (nSPS) is 15.6. The molecule has 2 rings (SSSR count). The first-order valence-electron chi connectivity index (χ1n) is 7.57. The fourth-order valence-electron chi connectivity index (χ4n) is 2.23. The topological polar surface area (TPSA) is 35.6 Å². The molecule has 22 heavy (non-hydrogen) atoms. The second-order valence-corrected chi connectivity index (χ2v) is 7.05. The van der Waals surface area contributed by atoms with Crippen molar-refractivity contribution in [2.45, 2.75) is 13.3 Å². The lowest BCUT2D eigenvalue weighted by atomic mass is 10.1. The molecular formula is C16H23N3OS2. The minimum Gasteiger partial charge on any atom is -0.355 e. The summed E-state index contributed by atoms with van der Waals surface area (Å²) in [5, 5.41) is 2.91. The summed E-state index contributed by atoms with van der Waals surface area (Å²) in [7, 11) is 2.12. The van der Waals surface area contributed by atoms with Gasteiger partial charge in [0.05, 0.1) is 5.75 Å². The van der Waals surface area contributed by atoms with E-state index in [2.05, 4.69) is 29.1 Å². The largest absolute Gasteiger partial charge is 0.355 e. The Morgan fingerprint density at radius 2 is 1.86 bits per heavy atom. The van der Waals surface area contributed by atoms with Crippen LogP contribution in [0.3, 0.4) is 0 Å². The second kappa shape index (κ2) is 8.50. The van der Waals surface area contributed by atoms with Gasteiger partial charge < -0.3 is 15.1 Å². The summed E-state index contributed by atoms with van der Waals surface area (Å²) in [6.07, 6.45) is 1.00. The highest BCUT2D eigenvalue weighted by Gasteiger charge is 2.17. The maximum atomic E-state index is 12.0. The third-order valence-electron chi connectivity index (χ3n) is 3.73. The van der Waals surface area contributed by atoms with E-state index in [1.165, 1.54) is 17.3 Å². The lowest BCUT2D eigenvalue weighted by Gasteiger charge is -2.33. The first kappa shape index (κ1) is 17.2. The van der Waals surface area contributed by atoms with Gasteiger partial charge in [0.2, 0.25) is 5.91 Å². The molecule has 1 aliphatic heterocycles. The molecule has 1 amide bonds. The molecule has 4 nitrogen and oxygen atoms in total. The maximum Gasteiger partial charge on any atom is 0.234 e. The van der Waals surface area contributed by atoms with Crippen LogP contribution in [0, 0.1) is 0 Å². The minimum atomic E-state index is -0.00859. The third kappa shape index (κ3) is 5.26. The number of hydrogen-bond donors (Lipinski definition) is 1. The number of piperazine rings is 1. The van der Waals surface area contributed by atoms with E-state index in [9.17, 15) is 4.79 Å². The van der Waals surface area contributed by atoms with E-state index in [-0.39, 0.29) is 5.91 Å². The molecule has 0 spiro atoms. The zero-order chi connectivity index (χ0) is 15.9. The van der Waals surface area contributed by atoms with Gasteiger partial charge in [0.1, 0.15) is 4.32 Å². The predicted octanol–water partition coefficient (Wildman–Crippen LogP) is 2.45. The van der Waals surface area contributed by atoms with Crippen molar-refractivity contribution in [1.29, 1.82) is 0 Å². The summed E-state index contributed by atoms with van der Waals surface area (Å²) >= 11 is 6.86. The number of anilines is 1. The number of amides is 1. The van der Waals surface area contributed by atoms with E-state index in [1.807, 2.05) is 24.3 Å². The number of rotatable bonds is 4. The first-order chi connectivity index (χ1) is 10.6. The van der Waals surface area contributed by atoms with Crippen LogP contribution in [0.15, 0.2) is 24.3 Å². The first-order valence-corrected chi connectivity index (χ1v) is 8.97. The monoisotopic (exact) mass is 337 g/mol. The van der Waals surface area contributed by atoms with Crippen molar-refractivity contribution in [3.63, 3.8) is 0 Å². The van der Waals surface area contributed by atoms with Crippen LogP contribution in [0.2, 0.25) is 0 Å². The van der Waals surface area contributed by atoms with Gasteiger partial charge in [-0.15, -0.1) is 0 Å². The van der Waals surface area contributed by atoms with Crippen molar-refractivity contribution in [2.24, 2.45) is 0 Å². The molecule has 1 aliphatic rings. The molecule has 0 atom stereocenters. The van der Waals surface area contributed by atoms with Crippen LogP contribution < -0.4 is 5.32 Å². The average Bonchev–Trinajstić information content (AvgIpc) is 2.54. The van der Waals surface area contributed by atoms with Crippen LogP contribution in [0.4, 0.5) is 5.69 Å². The van der Waals surface area contributed by atoms with Gasteiger partial charge in [0.15, 0.2) is 0 Å². The van der Waals surface area contributed by atoms with E-state index in [0.717, 1.165) is 42.6 Å². The molecule has 0 aliphatic carbocycles. The Hall–Kier alpha value is -1.11. The molecule has 1 saturated heterocycles. The van der Waals surface area contributed by atoms with Crippen molar-refractivity contribution < 1.29 is 4.79 Å². The number of hydrogen-bond acceptors (Lipinski definition) is 4. The van der Waals surface area contributed by atoms with E-state index in [1.54, 1.807) is 0 Å². The molecule has 1 N–H and O–H groups in total. The molecule has 0 bridgehead atoms. The Morgan fingerprint density at radius 3 is 2.45 bits per heavy atom. The summed E-state index contributed by atoms with van der Waals surface area (Å²) < 4.78 is 0.824. The molecular weight excluding hydrogens is 314 g/mol. The number of nitrogens with zero attached hydrogens (tertiary/aromatic N) is 2. The minimum absolute atomic E-state index is 0.00859. The van der Waals surface area contributed by atoms with Crippen LogP contribution in [-0.4, -0.2) is 59.0 Å². The molecule has 120 valence electrons. The second-order valence-electron chi connectivity index (χ2n) is 5.44. The van der Waals surface area contributed by atoms with Crippen LogP contribution >= 0.6 is 24.0 Å². The number of nitrogens with one attached hydrogen (secondary N) is 1. The van der Waals surface area contributed by atoms with Gasteiger partial charge in [0.25, 0.3) is 0 Å². The molecule has 1 fully saturated rings. The molecule has 0 unspecified atom stereocenters. The fourth-order valence-corrected chi connectivity index (χ4v) is 3.28. The Morgan fingerprint density at radius 1 is 1.23 bits per heavy atom. The summed E-state index contributed by atoms with van der Waals surface area (Å²) in [5.41, 5.74) is 2.11. The number of aryl methyl sites for hydroxylation is 1. The predicted molar refractivity (Wildman–Crippen MR) is 98.6 cm³/mol. The van der Waals surface area contributed by atoms with Gasteiger partial charge in [-0.1, -0.05) is 43.0 Å². The lowest BCUT2D eigenvalue weighted by Crippen LogP contribution is -2.46. The van der Waals surface area contributed by atoms with E-state index in [0.29, 0.717) is 5.75 Å². The zero-order valence-electron chi connectivity index (χ0n) is 13.2. The molecule has 0 saturated carbocycles. The number of thioether (sulfide) groups is 1. The van der Waals surface area contributed by atoms with E-state index in [4.69, 9.17) is 12.2 Å². The smallest absolute Gasteiger partial charge is 0.234 e. The van der Waals surface area contributed by atoms with Gasteiger partial charge in [-0.2, -0.15) is 0 Å². The summed E-state index contributed by atoms with van der Waals surface area (Å²) in [4.78, 5) is 16.5. The van der Waals surface area contributed by atoms with Gasteiger partial charge in [-0.3, -0.25) is 4.79 Å². The Kier molecular flexibility index (Phi) is 6.67. The maximum absolute atomic E-state index is 12.0. The van der Waals surface area contributed by atoms with Crippen molar-refractivity contribution in [3.8, 4) is 0 Å². The average molecular weight is 338 g/mol. The highest BCUT2D eigenvalue weighted by molar-refractivity contribution is 8.23. The van der Waals surface area contributed by atoms with Crippen LogP contribution in [0.25, 0.3) is 0 Å². The number of carbonyl (C=O) groups is 1. The molecule has 0 aromatic heterocycles. The molecule has 6 heteroatoms. The van der Waals surface area contributed by atoms with Gasteiger partial charge in [-0.05, 0) is 31.2 Å². The summed E-state index contributed by atoms with van der Waals surface area (Å²) in [6, 6.07) is 7.97. The number of carbonyl (C=O) groups excluding carboxylic acids is 1. The van der Waals surface area contributed by atoms with Gasteiger partial charge in [0, 0.05) is 31.9 Å². The Balaban J connectivity index is 1.73. The van der Waals surface area contributed by atoms with Crippen molar-refractivity contribution in [2.75, 3.05) is 44.3 Å². The van der Waals surface area contributed by atoms with E-state index < -0.39 is 0 Å². The summed E-state index contributed by atoms with van der Waals surface area (Å²) in [5.74, 6) is 0.353.